The maximum atomic E-state index is 5.89. The molecule has 0 aliphatic heterocycles. The van der Waals surface area contributed by atoms with E-state index in [0.29, 0.717) is 5.88 Å². The van der Waals surface area contributed by atoms with E-state index < -0.39 is 0 Å². The van der Waals surface area contributed by atoms with Gasteiger partial charge in [-0.3, -0.25) is 0 Å². The van der Waals surface area contributed by atoms with Crippen LogP contribution >= 0.6 is 0 Å². The van der Waals surface area contributed by atoms with Crippen molar-refractivity contribution in [1.82, 2.24) is 9.97 Å². The minimum absolute atomic E-state index is 0.139. The standard InChI is InChI=1S/C11H15N3O/c1-15-11-10(13-5-6-14-11)8-3-2-4-9(12)7-8/h5-7,9H,2-4,12H2,1H3. The Morgan fingerprint density at radius 2 is 2.20 bits per heavy atom. The maximum absolute atomic E-state index is 5.89. The average molecular weight is 205 g/mol. The zero-order valence-electron chi connectivity index (χ0n) is 8.81. The molecule has 1 atom stereocenters. The number of ether oxygens (including phenoxy) is 1. The van der Waals surface area contributed by atoms with Crippen LogP contribution in [0, 0.1) is 0 Å². The van der Waals surface area contributed by atoms with Gasteiger partial charge in [0, 0.05) is 18.4 Å². The highest BCUT2D eigenvalue weighted by molar-refractivity contribution is 5.67. The van der Waals surface area contributed by atoms with Gasteiger partial charge in [0.25, 0.3) is 0 Å². The first-order valence-electron chi connectivity index (χ1n) is 5.13. The van der Waals surface area contributed by atoms with E-state index in [9.17, 15) is 0 Å². The van der Waals surface area contributed by atoms with Gasteiger partial charge in [-0.2, -0.15) is 0 Å². The molecule has 2 N–H and O–H groups in total. The highest BCUT2D eigenvalue weighted by Crippen LogP contribution is 2.29. The first-order valence-corrected chi connectivity index (χ1v) is 5.13. The molecule has 0 spiro atoms. The molecular formula is C11H15N3O. The van der Waals surface area contributed by atoms with Gasteiger partial charge in [0.1, 0.15) is 5.69 Å². The number of hydrogen-bond donors (Lipinski definition) is 1. The van der Waals surface area contributed by atoms with Gasteiger partial charge in [0.15, 0.2) is 0 Å². The number of allylic oxidation sites excluding steroid dienone is 1. The summed E-state index contributed by atoms with van der Waals surface area (Å²) >= 11 is 0. The van der Waals surface area contributed by atoms with Crippen LogP contribution in [0.4, 0.5) is 0 Å². The van der Waals surface area contributed by atoms with Crippen molar-refractivity contribution in [3.05, 3.63) is 24.2 Å². The molecule has 0 radical (unpaired) electrons. The van der Waals surface area contributed by atoms with Gasteiger partial charge in [-0.05, 0) is 24.8 Å². The monoisotopic (exact) mass is 205 g/mol. The number of hydrogen-bond acceptors (Lipinski definition) is 4. The van der Waals surface area contributed by atoms with Gasteiger partial charge in [-0.25, -0.2) is 9.97 Å². The zero-order chi connectivity index (χ0) is 10.7. The van der Waals surface area contributed by atoms with Crippen LogP contribution in [0.5, 0.6) is 5.88 Å². The molecule has 0 fully saturated rings. The number of rotatable bonds is 2. The van der Waals surface area contributed by atoms with Crippen LogP contribution in [0.15, 0.2) is 18.5 Å². The number of nitrogens with zero attached hydrogens (tertiary/aromatic N) is 2. The van der Waals surface area contributed by atoms with Crippen molar-refractivity contribution in [2.45, 2.75) is 25.3 Å². The summed E-state index contributed by atoms with van der Waals surface area (Å²) in [7, 11) is 1.61. The maximum Gasteiger partial charge on any atom is 0.239 e. The third kappa shape index (κ3) is 2.15. The van der Waals surface area contributed by atoms with Crippen LogP contribution in [0.2, 0.25) is 0 Å². The Balaban J connectivity index is 2.36. The van der Waals surface area contributed by atoms with E-state index in [1.165, 1.54) is 0 Å². The second kappa shape index (κ2) is 4.40. The van der Waals surface area contributed by atoms with Crippen LogP contribution in [0.3, 0.4) is 0 Å². The van der Waals surface area contributed by atoms with Gasteiger partial charge in [0.2, 0.25) is 5.88 Å². The summed E-state index contributed by atoms with van der Waals surface area (Å²) in [6, 6.07) is 0.139. The minimum atomic E-state index is 0.139. The molecule has 1 aromatic rings. The fourth-order valence-electron chi connectivity index (χ4n) is 1.85. The molecule has 80 valence electrons. The lowest BCUT2D eigenvalue weighted by atomic mass is 9.94. The fourth-order valence-corrected chi connectivity index (χ4v) is 1.85. The van der Waals surface area contributed by atoms with Gasteiger partial charge in [0.05, 0.1) is 7.11 Å². The molecule has 4 heteroatoms. The van der Waals surface area contributed by atoms with Crippen molar-refractivity contribution in [1.29, 1.82) is 0 Å². The molecular weight excluding hydrogens is 190 g/mol. The molecule has 1 aliphatic rings. The quantitative estimate of drug-likeness (QED) is 0.792. The predicted molar refractivity (Wildman–Crippen MR) is 58.4 cm³/mol. The number of methoxy groups -OCH3 is 1. The van der Waals surface area contributed by atoms with Gasteiger partial charge >= 0.3 is 0 Å². The van der Waals surface area contributed by atoms with Crippen molar-refractivity contribution >= 4 is 5.57 Å². The van der Waals surface area contributed by atoms with E-state index in [1.807, 2.05) is 0 Å². The summed E-state index contributed by atoms with van der Waals surface area (Å²) in [5, 5.41) is 0. The van der Waals surface area contributed by atoms with E-state index in [-0.39, 0.29) is 6.04 Å². The fraction of sp³-hybridized carbons (Fsp3) is 0.455. The Morgan fingerprint density at radius 3 is 2.93 bits per heavy atom. The first-order chi connectivity index (χ1) is 7.31. The molecule has 0 saturated carbocycles. The van der Waals surface area contributed by atoms with Crippen LogP contribution < -0.4 is 10.5 Å². The van der Waals surface area contributed by atoms with Gasteiger partial charge < -0.3 is 10.5 Å². The van der Waals surface area contributed by atoms with Crippen LogP contribution in [0.25, 0.3) is 5.57 Å². The molecule has 0 bridgehead atoms. The van der Waals surface area contributed by atoms with E-state index in [0.717, 1.165) is 30.5 Å². The molecule has 2 rings (SSSR count). The van der Waals surface area contributed by atoms with Crippen molar-refractivity contribution in [2.24, 2.45) is 5.73 Å². The Labute approximate surface area is 89.2 Å². The second-order valence-corrected chi connectivity index (χ2v) is 3.66. The Hall–Kier alpha value is -1.42. The normalized spacial score (nSPS) is 20.9. The third-order valence-electron chi connectivity index (χ3n) is 2.56. The van der Waals surface area contributed by atoms with E-state index in [2.05, 4.69) is 16.0 Å². The summed E-state index contributed by atoms with van der Waals surface area (Å²) in [6.45, 7) is 0. The highest BCUT2D eigenvalue weighted by atomic mass is 16.5. The first kappa shape index (κ1) is 10.1. The van der Waals surface area contributed by atoms with Gasteiger partial charge in [-0.1, -0.05) is 6.08 Å². The highest BCUT2D eigenvalue weighted by Gasteiger charge is 2.16. The minimum Gasteiger partial charge on any atom is -0.479 e. The van der Waals surface area contributed by atoms with Crippen molar-refractivity contribution in [3.8, 4) is 5.88 Å². The molecule has 1 heterocycles. The lowest BCUT2D eigenvalue weighted by Crippen LogP contribution is -2.20. The number of aromatic nitrogens is 2. The van der Waals surface area contributed by atoms with Crippen LogP contribution in [0.1, 0.15) is 25.0 Å². The summed E-state index contributed by atoms with van der Waals surface area (Å²) in [5.74, 6) is 0.581. The Morgan fingerprint density at radius 1 is 1.40 bits per heavy atom. The van der Waals surface area contributed by atoms with Crippen LogP contribution in [-0.2, 0) is 0 Å². The third-order valence-corrected chi connectivity index (χ3v) is 2.56. The largest absolute Gasteiger partial charge is 0.479 e. The summed E-state index contributed by atoms with van der Waals surface area (Å²) < 4.78 is 5.18. The van der Waals surface area contributed by atoms with E-state index in [1.54, 1.807) is 19.5 Å². The summed E-state index contributed by atoms with van der Waals surface area (Å²) in [6.07, 6.45) is 8.53. The molecule has 1 aromatic heterocycles. The summed E-state index contributed by atoms with van der Waals surface area (Å²) in [5.41, 5.74) is 7.87. The molecule has 4 nitrogen and oxygen atoms in total. The molecule has 15 heavy (non-hydrogen) atoms. The van der Waals surface area contributed by atoms with Crippen molar-refractivity contribution in [2.75, 3.05) is 7.11 Å². The van der Waals surface area contributed by atoms with Gasteiger partial charge in [-0.15, -0.1) is 0 Å². The smallest absolute Gasteiger partial charge is 0.239 e. The lowest BCUT2D eigenvalue weighted by molar-refractivity contribution is 0.393. The SMILES string of the molecule is COc1nccnc1C1=CC(N)CCC1. The second-order valence-electron chi connectivity index (χ2n) is 3.66. The summed E-state index contributed by atoms with van der Waals surface area (Å²) in [4.78, 5) is 8.43. The topological polar surface area (TPSA) is 61.0 Å². The molecule has 1 aliphatic carbocycles. The van der Waals surface area contributed by atoms with E-state index >= 15 is 0 Å². The average Bonchev–Trinajstić information content (AvgIpc) is 2.29. The van der Waals surface area contributed by atoms with Crippen molar-refractivity contribution in [3.63, 3.8) is 0 Å². The molecule has 1 unspecified atom stereocenters. The lowest BCUT2D eigenvalue weighted by Gasteiger charge is -2.18. The zero-order valence-corrected chi connectivity index (χ0v) is 8.81. The molecule has 0 aromatic carbocycles. The predicted octanol–water partition coefficient (Wildman–Crippen LogP) is 1.38. The molecule has 0 saturated heterocycles. The van der Waals surface area contributed by atoms with Crippen molar-refractivity contribution < 1.29 is 4.74 Å². The number of nitrogens with two attached hydrogens (primary N) is 1. The Bertz CT molecular complexity index is 376. The molecule has 0 amide bonds. The van der Waals surface area contributed by atoms with Crippen LogP contribution in [-0.4, -0.2) is 23.1 Å². The van der Waals surface area contributed by atoms with E-state index in [4.69, 9.17) is 10.5 Å². The Kier molecular flexibility index (Phi) is 2.97.